The lowest BCUT2D eigenvalue weighted by atomic mass is 10.1. The highest BCUT2D eigenvalue weighted by molar-refractivity contribution is 5.43. The normalized spacial score (nSPS) is 18.0. The molecule has 0 saturated carbocycles. The molecular formula is C20H28N2O3. The van der Waals surface area contributed by atoms with Gasteiger partial charge in [0.2, 0.25) is 0 Å². The molecule has 0 unspecified atom stereocenters. The summed E-state index contributed by atoms with van der Waals surface area (Å²) in [6, 6.07) is 8.61. The fraction of sp³-hybridized carbons (Fsp3) is 0.550. The van der Waals surface area contributed by atoms with Gasteiger partial charge < -0.3 is 14.0 Å². The van der Waals surface area contributed by atoms with Gasteiger partial charge in [-0.1, -0.05) is 18.1 Å². The van der Waals surface area contributed by atoms with Crippen molar-refractivity contribution in [1.29, 1.82) is 0 Å². The van der Waals surface area contributed by atoms with Crippen LogP contribution in [0.3, 0.4) is 0 Å². The van der Waals surface area contributed by atoms with E-state index in [1.165, 1.54) is 12.0 Å². The maximum atomic E-state index is 5.80. The number of aromatic nitrogens is 1. The van der Waals surface area contributed by atoms with Crippen molar-refractivity contribution in [2.75, 3.05) is 13.7 Å². The van der Waals surface area contributed by atoms with Gasteiger partial charge in [0.15, 0.2) is 17.3 Å². The minimum atomic E-state index is 0.127. The highest BCUT2D eigenvalue weighted by Gasteiger charge is 2.29. The molecule has 0 amide bonds. The number of nitrogens with zero attached hydrogens (tertiary/aromatic N) is 2. The summed E-state index contributed by atoms with van der Waals surface area (Å²) in [4.78, 5) is 2.46. The molecule has 0 N–H and O–H groups in total. The fourth-order valence-electron chi connectivity index (χ4n) is 3.39. The van der Waals surface area contributed by atoms with Gasteiger partial charge in [-0.2, -0.15) is 0 Å². The highest BCUT2D eigenvalue weighted by atomic mass is 16.5. The van der Waals surface area contributed by atoms with Crippen molar-refractivity contribution in [3.05, 3.63) is 41.3 Å². The molecule has 1 fully saturated rings. The number of benzene rings is 1. The lowest BCUT2D eigenvalue weighted by Gasteiger charge is -2.23. The summed E-state index contributed by atoms with van der Waals surface area (Å²) in [5.74, 6) is 2.57. The summed E-state index contributed by atoms with van der Waals surface area (Å²) in [7, 11) is 1.69. The van der Waals surface area contributed by atoms with Crippen molar-refractivity contribution >= 4 is 0 Å². The zero-order chi connectivity index (χ0) is 17.8. The van der Waals surface area contributed by atoms with Crippen molar-refractivity contribution in [3.8, 4) is 11.5 Å². The van der Waals surface area contributed by atoms with Gasteiger partial charge in [0, 0.05) is 12.6 Å². The number of likely N-dealkylation sites (tertiary alicyclic amines) is 1. The molecule has 2 heterocycles. The van der Waals surface area contributed by atoms with Crippen LogP contribution in [0.15, 0.2) is 28.8 Å². The lowest BCUT2D eigenvalue weighted by molar-refractivity contribution is 0.205. The first-order valence-electron chi connectivity index (χ1n) is 9.13. The number of methoxy groups -OCH3 is 1. The molecule has 1 aliphatic heterocycles. The Hall–Kier alpha value is -2.01. The van der Waals surface area contributed by atoms with Gasteiger partial charge in [0.05, 0.1) is 24.9 Å². The third kappa shape index (κ3) is 4.15. The topological polar surface area (TPSA) is 47.7 Å². The van der Waals surface area contributed by atoms with Crippen LogP contribution in [0.1, 0.15) is 56.7 Å². The fourth-order valence-corrected chi connectivity index (χ4v) is 3.39. The minimum absolute atomic E-state index is 0.127. The molecule has 3 rings (SSSR count). The molecular weight excluding hydrogens is 316 g/mol. The third-order valence-electron chi connectivity index (χ3n) is 4.61. The van der Waals surface area contributed by atoms with Gasteiger partial charge in [-0.05, 0) is 57.4 Å². The first kappa shape index (κ1) is 17.8. The Labute approximate surface area is 149 Å². The molecule has 1 atom stereocenters. The van der Waals surface area contributed by atoms with E-state index >= 15 is 0 Å². The second-order valence-electron chi connectivity index (χ2n) is 6.85. The molecule has 1 aromatic heterocycles. The monoisotopic (exact) mass is 344 g/mol. The Morgan fingerprint density at radius 2 is 2.12 bits per heavy atom. The molecule has 0 bridgehead atoms. The van der Waals surface area contributed by atoms with Gasteiger partial charge in [-0.15, -0.1) is 0 Å². The summed E-state index contributed by atoms with van der Waals surface area (Å²) in [5.41, 5.74) is 2.24. The zero-order valence-corrected chi connectivity index (χ0v) is 15.6. The maximum Gasteiger partial charge on any atom is 0.161 e. The Morgan fingerprint density at radius 1 is 1.28 bits per heavy atom. The quantitative estimate of drug-likeness (QED) is 0.746. The number of ether oxygens (including phenoxy) is 2. The Kier molecular flexibility index (Phi) is 5.63. The average Bonchev–Trinajstić information content (AvgIpc) is 3.24. The Morgan fingerprint density at radius 3 is 2.80 bits per heavy atom. The van der Waals surface area contributed by atoms with Gasteiger partial charge in [0.25, 0.3) is 0 Å². The number of hydrogen-bond acceptors (Lipinski definition) is 5. The second kappa shape index (κ2) is 7.91. The molecule has 0 spiro atoms. The van der Waals surface area contributed by atoms with E-state index in [4.69, 9.17) is 14.0 Å². The van der Waals surface area contributed by atoms with Crippen LogP contribution in [-0.2, 0) is 13.0 Å². The highest BCUT2D eigenvalue weighted by Crippen LogP contribution is 2.35. The van der Waals surface area contributed by atoms with Crippen LogP contribution in [0.4, 0.5) is 0 Å². The minimum Gasteiger partial charge on any atom is -0.493 e. The van der Waals surface area contributed by atoms with Crippen molar-refractivity contribution in [3.63, 3.8) is 0 Å². The molecule has 2 aromatic rings. The number of aryl methyl sites for hydroxylation is 1. The van der Waals surface area contributed by atoms with Gasteiger partial charge in [-0.25, -0.2) is 0 Å². The molecule has 1 saturated heterocycles. The molecule has 1 aliphatic rings. The van der Waals surface area contributed by atoms with Crippen molar-refractivity contribution in [2.45, 2.75) is 58.7 Å². The standard InChI is InChI=1S/C20H28N2O3/c1-5-16-12-19(25-21-16)17-7-6-10-22(17)13-15-8-9-18(24-14(2)3)20(11-15)23-4/h8-9,11-12,14,17H,5-7,10,13H2,1-4H3/t17-/m0/s1. The lowest BCUT2D eigenvalue weighted by Crippen LogP contribution is -2.22. The van der Waals surface area contributed by atoms with Crippen LogP contribution in [0.5, 0.6) is 11.5 Å². The van der Waals surface area contributed by atoms with E-state index in [0.717, 1.165) is 48.9 Å². The third-order valence-corrected chi connectivity index (χ3v) is 4.61. The molecule has 0 radical (unpaired) electrons. The first-order valence-corrected chi connectivity index (χ1v) is 9.13. The van der Waals surface area contributed by atoms with Crippen LogP contribution in [0, 0.1) is 0 Å². The molecule has 136 valence electrons. The summed E-state index contributed by atoms with van der Waals surface area (Å²) < 4.78 is 16.9. The van der Waals surface area contributed by atoms with Crippen molar-refractivity contribution in [1.82, 2.24) is 10.1 Å². The smallest absolute Gasteiger partial charge is 0.161 e. The Bertz CT molecular complexity index is 696. The van der Waals surface area contributed by atoms with Crippen molar-refractivity contribution in [2.24, 2.45) is 0 Å². The maximum absolute atomic E-state index is 5.80. The van der Waals surface area contributed by atoms with Crippen LogP contribution < -0.4 is 9.47 Å². The predicted molar refractivity (Wildman–Crippen MR) is 97.0 cm³/mol. The molecule has 0 aliphatic carbocycles. The SMILES string of the molecule is CCc1cc([C@@H]2CCCN2Cc2ccc(OC(C)C)c(OC)c2)on1. The Balaban J connectivity index is 1.74. The van der Waals surface area contributed by atoms with E-state index in [-0.39, 0.29) is 6.10 Å². The van der Waals surface area contributed by atoms with Crippen LogP contribution in [0.2, 0.25) is 0 Å². The molecule has 1 aromatic carbocycles. The van der Waals surface area contributed by atoms with Crippen LogP contribution >= 0.6 is 0 Å². The van der Waals surface area contributed by atoms with Crippen LogP contribution in [-0.4, -0.2) is 29.8 Å². The summed E-state index contributed by atoms with van der Waals surface area (Å²) in [6.45, 7) is 8.07. The van der Waals surface area contributed by atoms with E-state index in [1.807, 2.05) is 19.9 Å². The molecule has 5 heteroatoms. The van der Waals surface area contributed by atoms with E-state index in [0.29, 0.717) is 6.04 Å². The van der Waals surface area contributed by atoms with Crippen molar-refractivity contribution < 1.29 is 14.0 Å². The average molecular weight is 344 g/mol. The summed E-state index contributed by atoms with van der Waals surface area (Å²) in [5, 5.41) is 4.15. The van der Waals surface area contributed by atoms with E-state index in [9.17, 15) is 0 Å². The van der Waals surface area contributed by atoms with E-state index in [1.54, 1.807) is 7.11 Å². The van der Waals surface area contributed by atoms with Gasteiger partial charge in [0.1, 0.15) is 0 Å². The first-order chi connectivity index (χ1) is 12.1. The zero-order valence-electron chi connectivity index (χ0n) is 15.6. The van der Waals surface area contributed by atoms with Crippen LogP contribution in [0.25, 0.3) is 0 Å². The summed E-state index contributed by atoms with van der Waals surface area (Å²) >= 11 is 0. The predicted octanol–water partition coefficient (Wildman–Crippen LogP) is 4.37. The van der Waals surface area contributed by atoms with Gasteiger partial charge >= 0.3 is 0 Å². The van der Waals surface area contributed by atoms with E-state index in [2.05, 4.69) is 35.2 Å². The van der Waals surface area contributed by atoms with E-state index < -0.39 is 0 Å². The summed E-state index contributed by atoms with van der Waals surface area (Å²) in [6.07, 6.45) is 3.33. The van der Waals surface area contributed by atoms with Gasteiger partial charge in [-0.3, -0.25) is 4.90 Å². The number of rotatable bonds is 7. The largest absolute Gasteiger partial charge is 0.493 e. The molecule has 25 heavy (non-hydrogen) atoms. The second-order valence-corrected chi connectivity index (χ2v) is 6.85. The molecule has 5 nitrogen and oxygen atoms in total. The number of hydrogen-bond donors (Lipinski definition) is 0.